The van der Waals surface area contributed by atoms with Crippen molar-refractivity contribution in [2.24, 2.45) is 0 Å². The van der Waals surface area contributed by atoms with E-state index in [1.807, 2.05) is 12.3 Å². The van der Waals surface area contributed by atoms with Gasteiger partial charge in [0, 0.05) is 31.5 Å². The fourth-order valence-electron chi connectivity index (χ4n) is 3.73. The van der Waals surface area contributed by atoms with E-state index < -0.39 is 0 Å². The van der Waals surface area contributed by atoms with Crippen LogP contribution in [0.5, 0.6) is 0 Å². The van der Waals surface area contributed by atoms with Gasteiger partial charge in [0.2, 0.25) is 0 Å². The van der Waals surface area contributed by atoms with Gasteiger partial charge in [-0.25, -0.2) is 9.97 Å². The van der Waals surface area contributed by atoms with Crippen molar-refractivity contribution in [3.63, 3.8) is 0 Å². The summed E-state index contributed by atoms with van der Waals surface area (Å²) in [6, 6.07) is 12.5. The number of rotatable bonds is 6. The zero-order chi connectivity index (χ0) is 17.9. The molecule has 1 fully saturated rings. The monoisotopic (exact) mass is 350 g/mol. The van der Waals surface area contributed by atoms with Gasteiger partial charge in [-0.1, -0.05) is 12.1 Å². The summed E-state index contributed by atoms with van der Waals surface area (Å²) in [6.07, 6.45) is 4.48. The van der Waals surface area contributed by atoms with Gasteiger partial charge in [-0.15, -0.1) is 0 Å². The van der Waals surface area contributed by atoms with Gasteiger partial charge in [0.05, 0.1) is 23.7 Å². The molecule has 4 rings (SSSR count). The van der Waals surface area contributed by atoms with E-state index >= 15 is 0 Å². The fourth-order valence-corrected chi connectivity index (χ4v) is 3.73. The van der Waals surface area contributed by atoms with Gasteiger partial charge in [-0.3, -0.25) is 0 Å². The van der Waals surface area contributed by atoms with Gasteiger partial charge in [0.15, 0.2) is 0 Å². The van der Waals surface area contributed by atoms with E-state index in [9.17, 15) is 0 Å². The minimum atomic E-state index is 0.272. The van der Waals surface area contributed by atoms with E-state index in [1.54, 1.807) is 0 Å². The smallest absolute Gasteiger partial charge is 0.142 e. The van der Waals surface area contributed by atoms with E-state index in [0.717, 1.165) is 67.3 Å². The number of ether oxygens (including phenoxy) is 1. The second-order valence-corrected chi connectivity index (χ2v) is 6.75. The van der Waals surface area contributed by atoms with Crippen LogP contribution < -0.4 is 4.90 Å². The molecular weight excluding hydrogens is 324 g/mol. The number of benzene rings is 1. The average Bonchev–Trinajstić information content (AvgIpc) is 3.32. The van der Waals surface area contributed by atoms with Crippen LogP contribution in [0.1, 0.15) is 26.7 Å². The third-order valence-electron chi connectivity index (χ3n) is 5.16. The molecule has 0 bridgehead atoms. The van der Waals surface area contributed by atoms with Gasteiger partial charge in [-0.2, -0.15) is 0 Å². The number of nitrogens with zero attached hydrogens (tertiary/aromatic N) is 4. The van der Waals surface area contributed by atoms with Crippen LogP contribution in [0.2, 0.25) is 0 Å². The highest BCUT2D eigenvalue weighted by Crippen LogP contribution is 2.27. The average molecular weight is 350 g/mol. The van der Waals surface area contributed by atoms with Crippen molar-refractivity contribution in [1.82, 2.24) is 14.5 Å². The maximum absolute atomic E-state index is 5.87. The topological polar surface area (TPSA) is 43.2 Å². The number of anilines is 1. The molecule has 5 nitrogen and oxygen atoms in total. The molecule has 0 aliphatic carbocycles. The van der Waals surface area contributed by atoms with E-state index in [2.05, 4.69) is 58.6 Å². The van der Waals surface area contributed by atoms with Gasteiger partial charge in [-0.05, 0) is 51.0 Å². The molecule has 1 saturated heterocycles. The van der Waals surface area contributed by atoms with Crippen LogP contribution >= 0.6 is 0 Å². The Balaban J connectivity index is 1.73. The Morgan fingerprint density at radius 2 is 2.00 bits per heavy atom. The molecule has 1 atom stereocenters. The molecule has 1 aliphatic rings. The lowest BCUT2D eigenvalue weighted by molar-refractivity contribution is 0.0982. The number of aromatic nitrogens is 3. The predicted octanol–water partition coefficient (Wildman–Crippen LogP) is 4.12. The normalized spacial score (nSPS) is 17.1. The molecule has 5 heteroatoms. The molecule has 0 radical (unpaired) electrons. The van der Waals surface area contributed by atoms with Crippen LogP contribution in [0.15, 0.2) is 42.6 Å². The van der Waals surface area contributed by atoms with Crippen molar-refractivity contribution < 1.29 is 4.74 Å². The molecule has 0 N–H and O–H groups in total. The number of fused-ring (bicyclic) bond motifs is 1. The fraction of sp³-hybridized carbons (Fsp3) is 0.429. The maximum Gasteiger partial charge on any atom is 0.142 e. The molecule has 3 aromatic rings. The summed E-state index contributed by atoms with van der Waals surface area (Å²) < 4.78 is 8.17. The molecule has 1 aromatic carbocycles. The molecule has 2 aromatic heterocycles. The molecule has 3 heterocycles. The molecule has 26 heavy (non-hydrogen) atoms. The van der Waals surface area contributed by atoms with Gasteiger partial charge in [0.25, 0.3) is 0 Å². The lowest BCUT2D eigenvalue weighted by Gasteiger charge is -2.20. The van der Waals surface area contributed by atoms with Gasteiger partial charge < -0.3 is 14.2 Å². The lowest BCUT2D eigenvalue weighted by Crippen LogP contribution is -2.22. The van der Waals surface area contributed by atoms with Crippen LogP contribution in [-0.2, 0) is 11.3 Å². The van der Waals surface area contributed by atoms with Gasteiger partial charge in [0.1, 0.15) is 11.6 Å². The Labute approximate surface area is 154 Å². The van der Waals surface area contributed by atoms with E-state index in [-0.39, 0.29) is 6.10 Å². The first-order valence-corrected chi connectivity index (χ1v) is 9.58. The standard InChI is InChI=1S/C21H26N4O/c1-3-24(4-2)20-12-11-16(14-22-20)21-23-18-9-5-6-10-19(18)25(21)15-17-8-7-13-26-17/h5-6,9-12,14,17H,3-4,7-8,13,15H2,1-2H3/t17-/m0/s1. The summed E-state index contributed by atoms with van der Waals surface area (Å²) in [6.45, 7) is 7.93. The first-order valence-electron chi connectivity index (χ1n) is 9.58. The number of hydrogen-bond acceptors (Lipinski definition) is 4. The van der Waals surface area contributed by atoms with Crippen molar-refractivity contribution in [2.45, 2.75) is 39.3 Å². The Morgan fingerprint density at radius 3 is 2.69 bits per heavy atom. The van der Waals surface area contributed by atoms with Crippen molar-refractivity contribution >= 4 is 16.9 Å². The second-order valence-electron chi connectivity index (χ2n) is 6.75. The number of para-hydroxylation sites is 2. The van der Waals surface area contributed by atoms with Crippen LogP contribution in [0, 0.1) is 0 Å². The molecule has 0 saturated carbocycles. The second kappa shape index (κ2) is 7.46. The van der Waals surface area contributed by atoms with Crippen molar-refractivity contribution in [3.8, 4) is 11.4 Å². The summed E-state index contributed by atoms with van der Waals surface area (Å²) >= 11 is 0. The number of pyridine rings is 1. The largest absolute Gasteiger partial charge is 0.376 e. The van der Waals surface area contributed by atoms with Crippen molar-refractivity contribution in [2.75, 3.05) is 24.6 Å². The highest BCUT2D eigenvalue weighted by molar-refractivity contribution is 5.80. The summed E-state index contributed by atoms with van der Waals surface area (Å²) in [4.78, 5) is 11.8. The molecule has 0 amide bonds. The highest BCUT2D eigenvalue weighted by atomic mass is 16.5. The first kappa shape index (κ1) is 17.0. The molecule has 1 aliphatic heterocycles. The van der Waals surface area contributed by atoms with Crippen LogP contribution in [-0.4, -0.2) is 40.3 Å². The maximum atomic E-state index is 5.87. The van der Waals surface area contributed by atoms with E-state index in [0.29, 0.717) is 0 Å². The van der Waals surface area contributed by atoms with Crippen LogP contribution in [0.4, 0.5) is 5.82 Å². The Hall–Kier alpha value is -2.40. The third kappa shape index (κ3) is 3.19. The quantitative estimate of drug-likeness (QED) is 0.671. The SMILES string of the molecule is CCN(CC)c1ccc(-c2nc3ccccc3n2C[C@@H]2CCCO2)cn1. The molecular formula is C21H26N4O. The van der Waals surface area contributed by atoms with E-state index in [4.69, 9.17) is 9.72 Å². The predicted molar refractivity (Wildman–Crippen MR) is 105 cm³/mol. The van der Waals surface area contributed by atoms with E-state index in [1.165, 1.54) is 0 Å². The molecule has 136 valence electrons. The number of hydrogen-bond donors (Lipinski definition) is 0. The zero-order valence-corrected chi connectivity index (χ0v) is 15.6. The number of imidazole rings is 1. The Morgan fingerprint density at radius 1 is 1.15 bits per heavy atom. The first-order chi connectivity index (χ1) is 12.8. The molecule has 0 spiro atoms. The third-order valence-corrected chi connectivity index (χ3v) is 5.16. The Bertz CT molecular complexity index is 861. The summed E-state index contributed by atoms with van der Waals surface area (Å²) in [7, 11) is 0. The van der Waals surface area contributed by atoms with Gasteiger partial charge >= 0.3 is 0 Å². The zero-order valence-electron chi connectivity index (χ0n) is 15.6. The Kier molecular flexibility index (Phi) is 4.89. The minimum absolute atomic E-state index is 0.272. The highest BCUT2D eigenvalue weighted by Gasteiger charge is 2.20. The minimum Gasteiger partial charge on any atom is -0.376 e. The summed E-state index contributed by atoms with van der Waals surface area (Å²) in [5.74, 6) is 1.99. The van der Waals surface area contributed by atoms with Crippen molar-refractivity contribution in [1.29, 1.82) is 0 Å². The summed E-state index contributed by atoms with van der Waals surface area (Å²) in [5, 5.41) is 0. The summed E-state index contributed by atoms with van der Waals surface area (Å²) in [5.41, 5.74) is 3.23. The van der Waals surface area contributed by atoms with Crippen molar-refractivity contribution in [3.05, 3.63) is 42.6 Å². The molecule has 0 unspecified atom stereocenters. The van der Waals surface area contributed by atoms with Crippen LogP contribution in [0.25, 0.3) is 22.4 Å². The van der Waals surface area contributed by atoms with Crippen LogP contribution in [0.3, 0.4) is 0 Å². The lowest BCUT2D eigenvalue weighted by atomic mass is 10.2.